The number of imidazole rings is 1. The topological polar surface area (TPSA) is 79.5 Å². The second kappa shape index (κ2) is 10.4. The van der Waals surface area contributed by atoms with E-state index in [0.29, 0.717) is 41.4 Å². The van der Waals surface area contributed by atoms with Crippen LogP contribution in [0.3, 0.4) is 0 Å². The van der Waals surface area contributed by atoms with Gasteiger partial charge in [-0.15, -0.1) is 0 Å². The molecule has 1 aliphatic heterocycles. The predicted molar refractivity (Wildman–Crippen MR) is 122 cm³/mol. The van der Waals surface area contributed by atoms with Crippen LogP contribution in [0.1, 0.15) is 29.3 Å². The molecule has 182 valence electrons. The van der Waals surface area contributed by atoms with Crippen molar-refractivity contribution in [1.29, 1.82) is 0 Å². The molecule has 1 amide bonds. The van der Waals surface area contributed by atoms with E-state index in [1.54, 1.807) is 18.2 Å². The lowest BCUT2D eigenvalue weighted by Crippen LogP contribution is -2.38. The zero-order valence-corrected chi connectivity index (χ0v) is 18.9. The number of carbonyl (C=O) groups is 1. The number of aromatic amines is 1. The fraction of sp³-hybridized carbons (Fsp3) is 0.417. The van der Waals surface area contributed by atoms with Crippen molar-refractivity contribution < 1.29 is 27.4 Å². The van der Waals surface area contributed by atoms with E-state index in [1.165, 1.54) is 6.07 Å². The second-order valence-corrected chi connectivity index (χ2v) is 8.02. The summed E-state index contributed by atoms with van der Waals surface area (Å²) in [4.78, 5) is 22.3. The summed E-state index contributed by atoms with van der Waals surface area (Å²) < 4.78 is 50.2. The molecule has 2 aromatic carbocycles. The maximum Gasteiger partial charge on any atom is 0.416 e. The Balaban J connectivity index is 1.47. The van der Waals surface area contributed by atoms with Gasteiger partial charge in [-0.2, -0.15) is 13.2 Å². The Kier molecular flexibility index (Phi) is 7.38. The third-order valence-electron chi connectivity index (χ3n) is 5.65. The molecule has 0 saturated carbocycles. The Morgan fingerprint density at radius 3 is 2.74 bits per heavy atom. The molecule has 1 aliphatic rings. The van der Waals surface area contributed by atoms with E-state index in [9.17, 15) is 18.0 Å². The maximum atomic E-state index is 13.0. The molecule has 0 unspecified atom stereocenters. The van der Waals surface area contributed by atoms with E-state index < -0.39 is 11.7 Å². The minimum atomic E-state index is -4.44. The monoisotopic (exact) mass is 476 g/mol. The molecule has 2 heterocycles. The molecule has 7 nitrogen and oxygen atoms in total. The average molecular weight is 476 g/mol. The summed E-state index contributed by atoms with van der Waals surface area (Å²) in [5.41, 5.74) is 0.937. The smallest absolute Gasteiger partial charge is 0.416 e. The minimum absolute atomic E-state index is 0.214. The van der Waals surface area contributed by atoms with Crippen LogP contribution in [0.2, 0.25) is 0 Å². The van der Waals surface area contributed by atoms with Crippen LogP contribution < -0.4 is 10.1 Å². The number of halogens is 3. The molecular formula is C24H27F3N4O3. The number of H-pyrrole nitrogens is 1. The number of nitrogens with one attached hydrogen (secondary N) is 2. The molecule has 1 fully saturated rings. The highest BCUT2D eigenvalue weighted by molar-refractivity contribution is 5.95. The molecule has 0 radical (unpaired) electrons. The number of aromatic nitrogens is 2. The van der Waals surface area contributed by atoms with Crippen LogP contribution in [0.25, 0.3) is 22.4 Å². The molecule has 1 saturated heterocycles. The molecule has 0 bridgehead atoms. The standard InChI is InChI=1S/C24H27F3N4O3/c1-2-34-21-14-16(23(32)28-8-3-9-31-10-12-33-13-11-31)4-6-18(21)22-29-19-7-5-17(24(25,26)27)15-20(19)30-22/h4-7,14-15H,2-3,8-13H2,1H3,(H,28,32)(H,29,30). The summed E-state index contributed by atoms with van der Waals surface area (Å²) in [6.07, 6.45) is -3.60. The summed E-state index contributed by atoms with van der Waals surface area (Å²) in [5.74, 6) is 0.586. The van der Waals surface area contributed by atoms with Crippen molar-refractivity contribution in [2.45, 2.75) is 19.5 Å². The third-order valence-corrected chi connectivity index (χ3v) is 5.65. The quantitative estimate of drug-likeness (QED) is 0.479. The highest BCUT2D eigenvalue weighted by atomic mass is 19.4. The van der Waals surface area contributed by atoms with E-state index in [4.69, 9.17) is 9.47 Å². The maximum absolute atomic E-state index is 13.0. The third kappa shape index (κ3) is 5.68. The van der Waals surface area contributed by atoms with Crippen molar-refractivity contribution in [3.63, 3.8) is 0 Å². The zero-order chi connectivity index (χ0) is 24.1. The molecule has 0 aliphatic carbocycles. The van der Waals surface area contributed by atoms with E-state index in [2.05, 4.69) is 20.2 Å². The molecule has 2 N–H and O–H groups in total. The largest absolute Gasteiger partial charge is 0.493 e. The summed E-state index contributed by atoms with van der Waals surface area (Å²) >= 11 is 0. The van der Waals surface area contributed by atoms with Crippen molar-refractivity contribution in [3.8, 4) is 17.1 Å². The average Bonchev–Trinajstić information content (AvgIpc) is 3.25. The summed E-state index contributed by atoms with van der Waals surface area (Å²) in [5, 5.41) is 2.93. The van der Waals surface area contributed by atoms with Crippen LogP contribution >= 0.6 is 0 Å². The number of alkyl halides is 3. The van der Waals surface area contributed by atoms with Crippen molar-refractivity contribution in [3.05, 3.63) is 47.5 Å². The highest BCUT2D eigenvalue weighted by Crippen LogP contribution is 2.34. The van der Waals surface area contributed by atoms with Gasteiger partial charge in [0.15, 0.2) is 0 Å². The van der Waals surface area contributed by atoms with Crippen molar-refractivity contribution in [1.82, 2.24) is 20.2 Å². The number of nitrogens with zero attached hydrogens (tertiary/aromatic N) is 2. The van der Waals surface area contributed by atoms with Gasteiger partial charge in [0.2, 0.25) is 0 Å². The number of rotatable bonds is 8. The number of ether oxygens (including phenoxy) is 2. The van der Waals surface area contributed by atoms with E-state index in [-0.39, 0.29) is 11.4 Å². The Hall–Kier alpha value is -3.11. The number of hydrogen-bond donors (Lipinski definition) is 2. The molecule has 4 rings (SSSR count). The van der Waals surface area contributed by atoms with Gasteiger partial charge in [0.1, 0.15) is 11.6 Å². The van der Waals surface area contributed by atoms with Gasteiger partial charge in [-0.05, 0) is 56.3 Å². The predicted octanol–water partition coefficient (Wildman–Crippen LogP) is 4.10. The molecule has 34 heavy (non-hydrogen) atoms. The summed E-state index contributed by atoms with van der Waals surface area (Å²) in [7, 11) is 0. The van der Waals surface area contributed by atoms with Gasteiger partial charge in [0.05, 0.1) is 42.0 Å². The first-order chi connectivity index (χ1) is 16.3. The number of hydrogen-bond acceptors (Lipinski definition) is 5. The number of fused-ring (bicyclic) bond motifs is 1. The molecule has 0 atom stereocenters. The minimum Gasteiger partial charge on any atom is -0.493 e. The van der Waals surface area contributed by atoms with Crippen LogP contribution in [0.5, 0.6) is 5.75 Å². The van der Waals surface area contributed by atoms with Crippen molar-refractivity contribution in [2.75, 3.05) is 46.0 Å². The first-order valence-electron chi connectivity index (χ1n) is 11.3. The van der Waals surface area contributed by atoms with Gasteiger partial charge in [-0.25, -0.2) is 4.98 Å². The number of benzene rings is 2. The second-order valence-electron chi connectivity index (χ2n) is 8.02. The van der Waals surface area contributed by atoms with Gasteiger partial charge in [-0.1, -0.05) is 0 Å². The van der Waals surface area contributed by atoms with E-state index in [0.717, 1.165) is 51.4 Å². The Morgan fingerprint density at radius 2 is 2.00 bits per heavy atom. The first-order valence-corrected chi connectivity index (χ1v) is 11.3. The van der Waals surface area contributed by atoms with Gasteiger partial charge >= 0.3 is 6.18 Å². The normalized spacial score (nSPS) is 14.9. The lowest BCUT2D eigenvalue weighted by atomic mass is 10.1. The lowest BCUT2D eigenvalue weighted by molar-refractivity contribution is -0.137. The fourth-order valence-electron chi connectivity index (χ4n) is 3.88. The van der Waals surface area contributed by atoms with Gasteiger partial charge in [0, 0.05) is 25.2 Å². The summed E-state index contributed by atoms with van der Waals surface area (Å²) in [6.45, 7) is 6.93. The molecular weight excluding hydrogens is 449 g/mol. The SMILES string of the molecule is CCOc1cc(C(=O)NCCCN2CCOCC2)ccc1-c1nc2ccc(C(F)(F)F)cc2[nH]1. The Morgan fingerprint density at radius 1 is 1.21 bits per heavy atom. The molecule has 1 aromatic heterocycles. The number of morpholine rings is 1. The Bertz CT molecular complexity index is 1140. The van der Waals surface area contributed by atoms with Gasteiger partial charge in [-0.3, -0.25) is 9.69 Å². The van der Waals surface area contributed by atoms with E-state index >= 15 is 0 Å². The van der Waals surface area contributed by atoms with E-state index in [1.807, 2.05) is 6.92 Å². The fourth-order valence-corrected chi connectivity index (χ4v) is 3.88. The van der Waals surface area contributed by atoms with Crippen LogP contribution in [-0.4, -0.2) is 66.8 Å². The summed E-state index contributed by atoms with van der Waals surface area (Å²) in [6, 6.07) is 8.34. The number of amides is 1. The van der Waals surface area contributed by atoms with Crippen LogP contribution in [0.15, 0.2) is 36.4 Å². The van der Waals surface area contributed by atoms with Crippen LogP contribution in [0.4, 0.5) is 13.2 Å². The first kappa shape index (κ1) is 24.0. The zero-order valence-electron chi connectivity index (χ0n) is 18.9. The lowest BCUT2D eigenvalue weighted by Gasteiger charge is -2.26. The van der Waals surface area contributed by atoms with Gasteiger partial charge in [0.25, 0.3) is 5.91 Å². The van der Waals surface area contributed by atoms with Crippen molar-refractivity contribution >= 4 is 16.9 Å². The van der Waals surface area contributed by atoms with Crippen LogP contribution in [-0.2, 0) is 10.9 Å². The molecule has 10 heteroatoms. The Labute approximate surface area is 195 Å². The highest BCUT2D eigenvalue weighted by Gasteiger charge is 2.30. The van der Waals surface area contributed by atoms with Crippen molar-refractivity contribution in [2.24, 2.45) is 0 Å². The molecule has 3 aromatic rings. The van der Waals surface area contributed by atoms with Gasteiger partial charge < -0.3 is 19.8 Å². The van der Waals surface area contributed by atoms with Crippen LogP contribution in [0, 0.1) is 0 Å². The molecule has 0 spiro atoms. The number of carbonyl (C=O) groups excluding carboxylic acids is 1.